The zero-order valence-electron chi connectivity index (χ0n) is 28.0. The SMILES string of the molecule is Cc1cc(C)c2c(c1)C[N+](C)(c1c(C)cccc1C)C1(N2C)N(c2ccccc2)c2ccccc2C(C)(C)N1c1ccccc1. The van der Waals surface area contributed by atoms with E-state index in [-0.39, 0.29) is 5.54 Å². The van der Waals surface area contributed by atoms with Gasteiger partial charge in [0.2, 0.25) is 0 Å². The molecule has 228 valence electrons. The fraction of sp³-hybridized carbons (Fsp3) is 0.268. The van der Waals surface area contributed by atoms with Crippen molar-refractivity contribution >= 4 is 28.4 Å². The fourth-order valence-corrected chi connectivity index (χ4v) is 9.04. The third-order valence-corrected chi connectivity index (χ3v) is 10.4. The molecule has 0 amide bonds. The van der Waals surface area contributed by atoms with Crippen molar-refractivity contribution in [3.05, 3.63) is 149 Å². The van der Waals surface area contributed by atoms with Gasteiger partial charge in [-0.05, 0) is 83.5 Å². The molecule has 2 atom stereocenters. The van der Waals surface area contributed by atoms with Crippen molar-refractivity contribution in [1.82, 2.24) is 4.48 Å². The normalized spacial score (nSPS) is 21.9. The fourth-order valence-electron chi connectivity index (χ4n) is 9.04. The van der Waals surface area contributed by atoms with Gasteiger partial charge in [-0.3, -0.25) is 14.7 Å². The molecule has 7 rings (SSSR count). The van der Waals surface area contributed by atoms with Gasteiger partial charge in [0, 0.05) is 35.0 Å². The first-order valence-electron chi connectivity index (χ1n) is 16.1. The number of benzene rings is 5. The first-order chi connectivity index (χ1) is 21.5. The van der Waals surface area contributed by atoms with Crippen LogP contribution in [-0.2, 0) is 12.1 Å². The topological polar surface area (TPSA) is 9.72 Å². The molecule has 0 fully saturated rings. The van der Waals surface area contributed by atoms with Gasteiger partial charge in [-0.25, -0.2) is 4.48 Å². The number of nitrogens with zero attached hydrogens (tertiary/aromatic N) is 4. The maximum atomic E-state index is 2.73. The molecule has 0 saturated carbocycles. The van der Waals surface area contributed by atoms with Crippen molar-refractivity contribution in [2.24, 2.45) is 0 Å². The van der Waals surface area contributed by atoms with Crippen LogP contribution in [0, 0.1) is 27.7 Å². The van der Waals surface area contributed by atoms with E-state index in [1.807, 2.05) is 0 Å². The molecule has 45 heavy (non-hydrogen) atoms. The minimum atomic E-state index is -0.759. The predicted octanol–water partition coefficient (Wildman–Crippen LogP) is 9.71. The highest BCUT2D eigenvalue weighted by atomic mass is 15.8. The van der Waals surface area contributed by atoms with Gasteiger partial charge >= 0.3 is 5.91 Å². The van der Waals surface area contributed by atoms with E-state index in [9.17, 15) is 0 Å². The van der Waals surface area contributed by atoms with E-state index in [1.165, 1.54) is 56.1 Å². The molecule has 4 heteroatoms. The highest BCUT2D eigenvalue weighted by molar-refractivity contribution is 5.84. The second kappa shape index (κ2) is 10.3. The van der Waals surface area contributed by atoms with Crippen LogP contribution in [0.5, 0.6) is 0 Å². The molecule has 2 aliphatic rings. The molecule has 1 spiro atoms. The van der Waals surface area contributed by atoms with Crippen molar-refractivity contribution in [2.45, 2.75) is 59.5 Å². The van der Waals surface area contributed by atoms with E-state index in [1.54, 1.807) is 0 Å². The number of hydrogen-bond acceptors (Lipinski definition) is 3. The Hall–Kier alpha value is -4.54. The molecule has 0 saturated heterocycles. The average Bonchev–Trinajstić information content (AvgIpc) is 3.00. The smallest absolute Gasteiger partial charge is 0.284 e. The Balaban J connectivity index is 1.75. The number of hydrogen-bond donors (Lipinski definition) is 0. The predicted molar refractivity (Wildman–Crippen MR) is 191 cm³/mol. The maximum absolute atomic E-state index is 2.73. The minimum absolute atomic E-state index is 0.385. The zero-order chi connectivity index (χ0) is 31.7. The Labute approximate surface area is 269 Å². The van der Waals surface area contributed by atoms with E-state index < -0.39 is 5.91 Å². The van der Waals surface area contributed by atoms with Gasteiger partial charge in [0.15, 0.2) is 0 Å². The number of quaternary nitrogens is 1. The molecule has 5 aromatic rings. The summed E-state index contributed by atoms with van der Waals surface area (Å²) in [6.07, 6.45) is 0. The maximum Gasteiger partial charge on any atom is 0.353 e. The number of fused-ring (bicyclic) bond motifs is 2. The summed E-state index contributed by atoms with van der Waals surface area (Å²) in [5, 5.41) is 0. The Morgan fingerprint density at radius 1 is 0.644 bits per heavy atom. The van der Waals surface area contributed by atoms with Crippen LogP contribution in [0.1, 0.15) is 47.2 Å². The zero-order valence-corrected chi connectivity index (χ0v) is 28.0. The van der Waals surface area contributed by atoms with E-state index in [0.717, 1.165) is 12.2 Å². The monoisotopic (exact) mass is 593 g/mol. The number of anilines is 4. The number of aryl methyl sites for hydroxylation is 4. The average molecular weight is 594 g/mol. The van der Waals surface area contributed by atoms with Crippen LogP contribution in [0.2, 0.25) is 0 Å². The van der Waals surface area contributed by atoms with E-state index in [2.05, 4.69) is 186 Å². The lowest BCUT2D eigenvalue weighted by Crippen LogP contribution is -2.89. The molecule has 0 aliphatic carbocycles. The van der Waals surface area contributed by atoms with E-state index in [0.29, 0.717) is 4.48 Å². The second-order valence-corrected chi connectivity index (χ2v) is 13.8. The lowest BCUT2D eigenvalue weighted by atomic mass is 9.82. The van der Waals surface area contributed by atoms with Gasteiger partial charge in [-0.1, -0.05) is 84.4 Å². The summed E-state index contributed by atoms with van der Waals surface area (Å²) in [6, 6.07) is 42.7. The quantitative estimate of drug-likeness (QED) is 0.193. The summed E-state index contributed by atoms with van der Waals surface area (Å²) in [5.74, 6) is -0.759. The van der Waals surface area contributed by atoms with E-state index in [4.69, 9.17) is 0 Å². The van der Waals surface area contributed by atoms with Crippen LogP contribution in [0.25, 0.3) is 0 Å². The summed E-state index contributed by atoms with van der Waals surface area (Å²) in [5.41, 5.74) is 13.7. The Morgan fingerprint density at radius 3 is 1.87 bits per heavy atom. The molecule has 0 radical (unpaired) electrons. The Morgan fingerprint density at radius 2 is 1.22 bits per heavy atom. The standard InChI is InChI=1S/C41H45N4/c1-29-26-32(4)38-33(27-29)28-45(8,39-30(2)18-17-19-31(39)3)41(42(38)7)43(34-20-11-9-12-21-34)37-25-16-15-24-36(37)40(5,6)44(41)35-22-13-10-14-23-35/h9-27H,28H2,1-8H3/q+1. The molecule has 2 heterocycles. The van der Waals surface area contributed by atoms with Gasteiger partial charge in [-0.15, -0.1) is 0 Å². The van der Waals surface area contributed by atoms with Crippen molar-refractivity contribution < 1.29 is 0 Å². The molecular formula is C41H45N4+. The highest BCUT2D eigenvalue weighted by Gasteiger charge is 2.71. The number of para-hydroxylation sites is 4. The third-order valence-electron chi connectivity index (χ3n) is 10.4. The van der Waals surface area contributed by atoms with Gasteiger partial charge in [-0.2, -0.15) is 0 Å². The highest BCUT2D eigenvalue weighted by Crippen LogP contribution is 2.60. The summed E-state index contributed by atoms with van der Waals surface area (Å²) in [6.45, 7) is 14.7. The first-order valence-corrected chi connectivity index (χ1v) is 16.1. The molecule has 4 nitrogen and oxygen atoms in total. The molecule has 0 bridgehead atoms. The molecule has 2 unspecified atom stereocenters. The lowest BCUT2D eigenvalue weighted by Gasteiger charge is -2.70. The van der Waals surface area contributed by atoms with Crippen molar-refractivity contribution in [3.8, 4) is 0 Å². The van der Waals surface area contributed by atoms with Crippen molar-refractivity contribution in [2.75, 3.05) is 28.8 Å². The van der Waals surface area contributed by atoms with Crippen LogP contribution >= 0.6 is 0 Å². The molecule has 5 aromatic carbocycles. The largest absolute Gasteiger partial charge is 0.353 e. The third kappa shape index (κ3) is 3.95. The Kier molecular flexibility index (Phi) is 6.65. The number of rotatable bonds is 3. The van der Waals surface area contributed by atoms with Gasteiger partial charge in [0.1, 0.15) is 12.2 Å². The molecular weight excluding hydrogens is 548 g/mol. The summed E-state index contributed by atoms with van der Waals surface area (Å²) in [4.78, 5) is 7.99. The van der Waals surface area contributed by atoms with Crippen LogP contribution < -0.4 is 19.2 Å². The van der Waals surface area contributed by atoms with Gasteiger partial charge in [0.25, 0.3) is 0 Å². The van der Waals surface area contributed by atoms with Gasteiger partial charge in [0.05, 0.1) is 29.6 Å². The Bertz CT molecular complexity index is 1880. The minimum Gasteiger partial charge on any atom is -0.284 e. The molecule has 0 N–H and O–H groups in total. The summed E-state index contributed by atoms with van der Waals surface area (Å²) >= 11 is 0. The van der Waals surface area contributed by atoms with Crippen molar-refractivity contribution in [1.29, 1.82) is 0 Å². The summed E-state index contributed by atoms with van der Waals surface area (Å²) in [7, 11) is 4.81. The summed E-state index contributed by atoms with van der Waals surface area (Å²) < 4.78 is 0.624. The second-order valence-electron chi connectivity index (χ2n) is 13.8. The van der Waals surface area contributed by atoms with Crippen LogP contribution in [0.15, 0.2) is 115 Å². The lowest BCUT2D eigenvalue weighted by molar-refractivity contribution is 0.0728. The van der Waals surface area contributed by atoms with Crippen LogP contribution in [-0.4, -0.2) is 20.0 Å². The molecule has 2 aliphatic heterocycles. The van der Waals surface area contributed by atoms with Gasteiger partial charge < -0.3 is 0 Å². The van der Waals surface area contributed by atoms with Crippen LogP contribution in [0.4, 0.5) is 28.4 Å². The molecule has 0 aromatic heterocycles. The van der Waals surface area contributed by atoms with E-state index >= 15 is 0 Å². The first kappa shape index (κ1) is 29.2. The van der Waals surface area contributed by atoms with Crippen molar-refractivity contribution in [3.63, 3.8) is 0 Å². The van der Waals surface area contributed by atoms with Crippen LogP contribution in [0.3, 0.4) is 0 Å².